The van der Waals surface area contributed by atoms with Crippen molar-refractivity contribution in [2.75, 3.05) is 63.3 Å². The first-order valence-corrected chi connectivity index (χ1v) is 30.2. The molecule has 0 spiro atoms. The molecule has 0 saturated heterocycles. The van der Waals surface area contributed by atoms with Gasteiger partial charge in [-0.1, -0.05) is 98.8 Å². The second-order valence-electron chi connectivity index (χ2n) is 22.0. The summed E-state index contributed by atoms with van der Waals surface area (Å²) in [6.07, 6.45) is 18.0. The van der Waals surface area contributed by atoms with E-state index < -0.39 is 52.6 Å². The SMILES string of the molecule is CC1(C)C(/C=C/C=C/C=C/C=C2/N(CCCCS(=O)(=O)[O-])c3ccc4ccccc4c3C2(C)C)=[N+](CCCCCC(=O)NCCOCCOCC(=O)NCCCC[C@H](NC(=O)N[C@@H](CCC(=O)O)C(=O)O)C(=O)O)c2ccc3ccccc3c21. The number of fused-ring (bicyclic) bond motifs is 6. The lowest BCUT2D eigenvalue weighted by molar-refractivity contribution is -0.438. The lowest BCUT2D eigenvalue weighted by Gasteiger charge is -2.27. The lowest BCUT2D eigenvalue weighted by Crippen LogP contribution is -2.51. The van der Waals surface area contributed by atoms with Crippen LogP contribution in [0.4, 0.5) is 16.2 Å². The van der Waals surface area contributed by atoms with Crippen LogP contribution < -0.4 is 26.2 Å². The number of hydrogen-bond donors (Lipinski definition) is 7. The molecule has 0 aromatic heterocycles. The van der Waals surface area contributed by atoms with Gasteiger partial charge in [-0.05, 0) is 111 Å². The Bertz CT molecular complexity index is 3270. The maximum atomic E-state index is 12.7. The highest BCUT2D eigenvalue weighted by atomic mass is 32.2. The average molecular weight is 1180 g/mol. The molecule has 0 fully saturated rings. The Hall–Kier alpha value is -7.72. The minimum absolute atomic E-state index is 0.00262. The molecular formula is C63H80N6O14S. The van der Waals surface area contributed by atoms with E-state index in [1.54, 1.807) is 0 Å². The molecule has 0 radical (unpaired) electrons. The van der Waals surface area contributed by atoms with Gasteiger partial charge in [-0.3, -0.25) is 14.4 Å². The number of nitrogens with one attached hydrogen (secondary N) is 4. The van der Waals surface area contributed by atoms with Crippen molar-refractivity contribution in [3.05, 3.63) is 132 Å². The van der Waals surface area contributed by atoms with Crippen LogP contribution in [0.2, 0.25) is 0 Å². The molecule has 6 rings (SSSR count). The first-order valence-electron chi connectivity index (χ1n) is 28.7. The third-order valence-corrected chi connectivity index (χ3v) is 15.8. The summed E-state index contributed by atoms with van der Waals surface area (Å²) in [5.41, 5.74) is 6.43. The third-order valence-electron chi connectivity index (χ3n) is 15.0. The first-order chi connectivity index (χ1) is 40.1. The highest BCUT2D eigenvalue weighted by molar-refractivity contribution is 7.85. The number of anilines is 1. The quantitative estimate of drug-likeness (QED) is 0.00991. The summed E-state index contributed by atoms with van der Waals surface area (Å²) in [5.74, 6) is -4.87. The molecule has 20 nitrogen and oxygen atoms in total. The Balaban J connectivity index is 0.914. The van der Waals surface area contributed by atoms with Gasteiger partial charge < -0.3 is 55.5 Å². The number of ether oxygens (including phenoxy) is 2. The zero-order valence-electron chi connectivity index (χ0n) is 48.4. The number of nitrogens with zero attached hydrogens (tertiary/aromatic N) is 2. The molecule has 0 saturated carbocycles. The zero-order chi connectivity index (χ0) is 60.9. The third kappa shape index (κ3) is 18.6. The molecule has 0 aliphatic carbocycles. The molecular weight excluding hydrogens is 1100 g/mol. The Morgan fingerprint density at radius 2 is 1.27 bits per heavy atom. The second kappa shape index (κ2) is 31.3. The van der Waals surface area contributed by atoms with Crippen LogP contribution in [0.5, 0.6) is 0 Å². The number of urea groups is 1. The van der Waals surface area contributed by atoms with Crippen LogP contribution in [0.1, 0.15) is 109 Å². The molecule has 4 aromatic rings. The Morgan fingerprint density at radius 3 is 1.96 bits per heavy atom. The Labute approximate surface area is 491 Å². The van der Waals surface area contributed by atoms with Crippen molar-refractivity contribution in [1.29, 1.82) is 0 Å². The van der Waals surface area contributed by atoms with Crippen molar-refractivity contribution in [2.45, 2.75) is 121 Å². The van der Waals surface area contributed by atoms with E-state index in [1.807, 2.05) is 30.4 Å². The summed E-state index contributed by atoms with van der Waals surface area (Å²) in [6.45, 7) is 11.3. The van der Waals surface area contributed by atoms with Gasteiger partial charge >= 0.3 is 23.9 Å². The van der Waals surface area contributed by atoms with Crippen LogP contribution in [0.15, 0.2) is 121 Å². The maximum absolute atomic E-state index is 12.7. The summed E-state index contributed by atoms with van der Waals surface area (Å²) in [5, 5.41) is 42.0. The predicted molar refractivity (Wildman–Crippen MR) is 322 cm³/mol. The molecule has 452 valence electrons. The van der Waals surface area contributed by atoms with Gasteiger partial charge in [0.25, 0.3) is 0 Å². The van der Waals surface area contributed by atoms with E-state index in [0.717, 1.165) is 42.6 Å². The van der Waals surface area contributed by atoms with E-state index >= 15 is 0 Å². The average Bonchev–Trinajstić information content (AvgIpc) is 1.90. The number of carboxylic acids is 3. The normalized spacial score (nSPS) is 15.7. The molecule has 0 unspecified atom stereocenters. The van der Waals surface area contributed by atoms with Crippen LogP contribution in [-0.4, -0.2) is 145 Å². The smallest absolute Gasteiger partial charge is 0.326 e. The van der Waals surface area contributed by atoms with Gasteiger partial charge in [0, 0.05) is 79.2 Å². The number of unbranched alkanes of at least 4 members (excludes halogenated alkanes) is 4. The van der Waals surface area contributed by atoms with Crippen molar-refractivity contribution >= 4 is 84.5 Å². The van der Waals surface area contributed by atoms with Crippen molar-refractivity contribution in [1.82, 2.24) is 21.3 Å². The fourth-order valence-electron chi connectivity index (χ4n) is 10.9. The molecule has 21 heteroatoms. The Morgan fingerprint density at radius 1 is 0.643 bits per heavy atom. The summed E-state index contributed by atoms with van der Waals surface area (Å²) < 4.78 is 47.5. The molecule has 2 aliphatic rings. The van der Waals surface area contributed by atoms with Gasteiger partial charge in [0.15, 0.2) is 5.71 Å². The van der Waals surface area contributed by atoms with E-state index in [1.165, 1.54) is 38.7 Å². The zero-order valence-corrected chi connectivity index (χ0v) is 49.2. The molecule has 2 atom stereocenters. The van der Waals surface area contributed by atoms with E-state index in [0.29, 0.717) is 45.2 Å². The number of carbonyl (C=O) groups excluding carboxylic acids is 3. The van der Waals surface area contributed by atoms with Crippen LogP contribution in [0.3, 0.4) is 0 Å². The largest absolute Gasteiger partial charge is 0.748 e. The summed E-state index contributed by atoms with van der Waals surface area (Å²) in [4.78, 5) is 73.1. The summed E-state index contributed by atoms with van der Waals surface area (Å²) in [6, 6.07) is 21.6. The molecule has 4 amide bonds. The number of hydrogen-bond acceptors (Lipinski definition) is 12. The molecule has 2 aliphatic heterocycles. The molecule has 7 N–H and O–H groups in total. The highest BCUT2D eigenvalue weighted by Crippen LogP contribution is 2.51. The Kier molecular flexibility index (Phi) is 24.3. The predicted octanol–water partition coefficient (Wildman–Crippen LogP) is 8.11. The highest BCUT2D eigenvalue weighted by Gasteiger charge is 2.45. The number of allylic oxidation sites excluding steroid dienone is 8. The van der Waals surface area contributed by atoms with Gasteiger partial charge in [-0.15, -0.1) is 0 Å². The summed E-state index contributed by atoms with van der Waals surface area (Å²) >= 11 is 0. The molecule has 4 aromatic carbocycles. The van der Waals surface area contributed by atoms with Gasteiger partial charge in [0.1, 0.15) is 25.2 Å². The number of rotatable bonds is 35. The summed E-state index contributed by atoms with van der Waals surface area (Å²) in [7, 11) is -4.29. The standard InChI is InChI=1S/C63H80N6O14S/c1-62(2)52(26-9-6-5-7-10-27-53-63(3,4)58-47-24-15-13-22-45(47)30-33-51(58)69(53)38-19-20-42-84(79,80)81)68(50-32-29-44-21-12-14-23-46(44)57(50)62)37-18-8-11-28-54(70)65-36-39-82-40-41-83-43-55(71)64-35-17-16-25-48(59(74)75)66-61(78)67-49(60(76)77)31-34-56(72)73/h5-7,9-10,12-15,21-24,26-27,29-30,32-33,48-49H,8,11,16-20,25,28,31,34-43H2,1-4H3,(H7-,64,65,66,67,70,71,72,73,74,75,76,77,78,79,80,81)/t48-,49-/m0/s1. The van der Waals surface area contributed by atoms with Crippen LogP contribution in [0.25, 0.3) is 21.5 Å². The molecule has 84 heavy (non-hydrogen) atoms. The van der Waals surface area contributed by atoms with Crippen LogP contribution >= 0.6 is 0 Å². The number of benzene rings is 4. The van der Waals surface area contributed by atoms with E-state index in [9.17, 15) is 52.0 Å². The number of aliphatic carboxylic acids is 3. The maximum Gasteiger partial charge on any atom is 0.326 e. The minimum Gasteiger partial charge on any atom is -0.748 e. The van der Waals surface area contributed by atoms with Gasteiger partial charge in [0.05, 0.1) is 35.4 Å². The fourth-order valence-corrected chi connectivity index (χ4v) is 11.5. The fraction of sp³-hybridized carbons (Fsp3) is 0.444. The number of carboxylic acid groups (broad SMARTS) is 3. The number of amides is 4. The van der Waals surface area contributed by atoms with Crippen LogP contribution in [-0.2, 0) is 54.4 Å². The monoisotopic (exact) mass is 1180 g/mol. The van der Waals surface area contributed by atoms with E-state index in [2.05, 4.69) is 143 Å². The lowest BCUT2D eigenvalue weighted by atomic mass is 9.79. The first kappa shape index (κ1) is 65.4. The van der Waals surface area contributed by atoms with Crippen molar-refractivity contribution in [3.63, 3.8) is 0 Å². The van der Waals surface area contributed by atoms with Gasteiger partial charge in [-0.25, -0.2) is 22.8 Å². The molecule has 2 heterocycles. The number of carbonyl (C=O) groups is 6. The second-order valence-corrected chi connectivity index (χ2v) is 23.5. The minimum atomic E-state index is -4.29. The van der Waals surface area contributed by atoms with E-state index in [-0.39, 0.29) is 74.2 Å². The molecule has 0 bridgehead atoms. The van der Waals surface area contributed by atoms with Crippen molar-refractivity contribution < 1.29 is 71.1 Å². The van der Waals surface area contributed by atoms with Crippen LogP contribution in [0, 0.1) is 0 Å². The van der Waals surface area contributed by atoms with Crippen molar-refractivity contribution in [2.24, 2.45) is 0 Å². The van der Waals surface area contributed by atoms with E-state index in [4.69, 9.17) is 14.6 Å². The van der Waals surface area contributed by atoms with Gasteiger partial charge in [0.2, 0.25) is 17.5 Å². The van der Waals surface area contributed by atoms with Crippen molar-refractivity contribution in [3.8, 4) is 0 Å². The topological polar surface area (TPSA) is 293 Å². The van der Waals surface area contributed by atoms with Gasteiger partial charge in [-0.2, -0.15) is 4.58 Å².